The smallest absolute Gasteiger partial charge is 0.321 e. The number of benzene rings is 1. The third-order valence-electron chi connectivity index (χ3n) is 6.75. The van der Waals surface area contributed by atoms with Crippen LogP contribution in [0.4, 0.5) is 10.5 Å². The predicted octanol–water partition coefficient (Wildman–Crippen LogP) is 4.12. The van der Waals surface area contributed by atoms with Crippen LogP contribution in [0.5, 0.6) is 0 Å². The van der Waals surface area contributed by atoms with Gasteiger partial charge in [0.05, 0.1) is 6.54 Å². The van der Waals surface area contributed by atoms with Gasteiger partial charge in [-0.15, -0.1) is 5.10 Å². The zero-order chi connectivity index (χ0) is 21.2. The Bertz CT molecular complexity index is 1130. The molecule has 1 aliphatic heterocycles. The van der Waals surface area contributed by atoms with Crippen molar-refractivity contribution < 1.29 is 4.79 Å². The zero-order valence-corrected chi connectivity index (χ0v) is 17.7. The highest BCUT2D eigenvalue weighted by Crippen LogP contribution is 2.34. The molecule has 2 amide bonds. The summed E-state index contributed by atoms with van der Waals surface area (Å²) in [6, 6.07) is 13.6. The number of carbonyl (C=O) groups is 1. The van der Waals surface area contributed by atoms with E-state index in [0.29, 0.717) is 24.2 Å². The summed E-state index contributed by atoms with van der Waals surface area (Å²) >= 11 is 0. The molecule has 162 valence electrons. The van der Waals surface area contributed by atoms with E-state index in [1.54, 1.807) is 6.20 Å². The second kappa shape index (κ2) is 8.57. The molecule has 7 heteroatoms. The molecule has 3 heterocycles. The van der Waals surface area contributed by atoms with Crippen molar-refractivity contribution in [2.45, 2.75) is 57.5 Å². The number of nitrogens with one attached hydrogen (secondary N) is 1. The molecular formula is C24H29N5O2. The summed E-state index contributed by atoms with van der Waals surface area (Å²) in [4.78, 5) is 27.6. The van der Waals surface area contributed by atoms with Crippen molar-refractivity contribution >= 4 is 17.4 Å². The van der Waals surface area contributed by atoms with Crippen molar-refractivity contribution in [2.24, 2.45) is 5.92 Å². The van der Waals surface area contributed by atoms with Crippen LogP contribution in [0.2, 0.25) is 0 Å². The van der Waals surface area contributed by atoms with Gasteiger partial charge in [-0.3, -0.25) is 4.40 Å². The Kier molecular flexibility index (Phi) is 5.49. The van der Waals surface area contributed by atoms with Gasteiger partial charge in [0, 0.05) is 24.5 Å². The van der Waals surface area contributed by atoms with E-state index in [-0.39, 0.29) is 11.7 Å². The molecule has 7 nitrogen and oxygen atoms in total. The maximum atomic E-state index is 13.1. The lowest BCUT2D eigenvalue weighted by molar-refractivity contribution is 0.166. The SMILES string of the molecule is O=C(Nc1cccc(Cn2nc3ccccn3c2=O)c1)N1CCCC1C1CCCCC1. The van der Waals surface area contributed by atoms with Crippen LogP contribution in [0, 0.1) is 5.92 Å². The Morgan fingerprint density at radius 1 is 1.03 bits per heavy atom. The topological polar surface area (TPSA) is 71.6 Å². The first kappa shape index (κ1) is 19.8. The number of carbonyl (C=O) groups excluding carboxylic acids is 1. The number of likely N-dealkylation sites (tertiary alicyclic amines) is 1. The first-order valence-corrected chi connectivity index (χ1v) is 11.4. The van der Waals surface area contributed by atoms with Crippen molar-refractivity contribution in [3.05, 3.63) is 64.7 Å². The third-order valence-corrected chi connectivity index (χ3v) is 6.75. The predicted molar refractivity (Wildman–Crippen MR) is 120 cm³/mol. The molecule has 2 aliphatic rings. The number of nitrogens with zero attached hydrogens (tertiary/aromatic N) is 4. The molecule has 0 bridgehead atoms. The lowest BCUT2D eigenvalue weighted by Crippen LogP contribution is -2.43. The van der Waals surface area contributed by atoms with Crippen molar-refractivity contribution in [1.29, 1.82) is 0 Å². The number of hydrogen-bond acceptors (Lipinski definition) is 3. The molecule has 1 saturated carbocycles. The molecule has 1 aliphatic carbocycles. The molecular weight excluding hydrogens is 390 g/mol. The van der Waals surface area contributed by atoms with Gasteiger partial charge in [-0.2, -0.15) is 0 Å². The van der Waals surface area contributed by atoms with E-state index >= 15 is 0 Å². The number of aromatic nitrogens is 3. The van der Waals surface area contributed by atoms with Gasteiger partial charge in [0.25, 0.3) is 0 Å². The summed E-state index contributed by atoms with van der Waals surface area (Å²) in [5.41, 5.74) is 2.14. The van der Waals surface area contributed by atoms with Gasteiger partial charge in [-0.25, -0.2) is 14.3 Å². The van der Waals surface area contributed by atoms with E-state index < -0.39 is 0 Å². The molecule has 3 aromatic rings. The Balaban J connectivity index is 1.29. The second-order valence-electron chi connectivity index (χ2n) is 8.80. The maximum absolute atomic E-state index is 13.1. The van der Waals surface area contributed by atoms with Gasteiger partial charge in [0.1, 0.15) is 0 Å². The first-order valence-electron chi connectivity index (χ1n) is 11.4. The van der Waals surface area contributed by atoms with E-state index in [2.05, 4.69) is 15.3 Å². The molecule has 1 unspecified atom stereocenters. The van der Waals surface area contributed by atoms with Crippen LogP contribution in [0.3, 0.4) is 0 Å². The summed E-state index contributed by atoms with van der Waals surface area (Å²) in [5, 5.41) is 7.49. The van der Waals surface area contributed by atoms with E-state index in [1.807, 2.05) is 42.5 Å². The molecule has 2 fully saturated rings. The van der Waals surface area contributed by atoms with E-state index in [9.17, 15) is 9.59 Å². The molecule has 31 heavy (non-hydrogen) atoms. The highest BCUT2D eigenvalue weighted by Gasteiger charge is 2.35. The number of rotatable bonds is 4. The zero-order valence-electron chi connectivity index (χ0n) is 17.7. The summed E-state index contributed by atoms with van der Waals surface area (Å²) < 4.78 is 2.99. The molecule has 0 spiro atoms. The fourth-order valence-corrected chi connectivity index (χ4v) is 5.24. The Morgan fingerprint density at radius 2 is 1.90 bits per heavy atom. The normalized spacial score (nSPS) is 19.7. The van der Waals surface area contributed by atoms with Gasteiger partial charge in [-0.1, -0.05) is 37.5 Å². The monoisotopic (exact) mass is 419 g/mol. The van der Waals surface area contributed by atoms with Crippen LogP contribution in [0.1, 0.15) is 50.5 Å². The molecule has 1 N–H and O–H groups in total. The Morgan fingerprint density at radius 3 is 2.74 bits per heavy atom. The number of hydrogen-bond donors (Lipinski definition) is 1. The first-order chi connectivity index (χ1) is 15.2. The van der Waals surface area contributed by atoms with Crippen LogP contribution in [0.25, 0.3) is 5.65 Å². The molecule has 0 radical (unpaired) electrons. The summed E-state index contributed by atoms with van der Waals surface area (Å²) in [6.07, 6.45) is 10.3. The van der Waals surface area contributed by atoms with Crippen LogP contribution in [-0.4, -0.2) is 37.7 Å². The third kappa shape index (κ3) is 4.09. The van der Waals surface area contributed by atoms with Crippen molar-refractivity contribution in [3.63, 3.8) is 0 Å². The number of urea groups is 1. The summed E-state index contributed by atoms with van der Waals surface area (Å²) in [7, 11) is 0. The highest BCUT2D eigenvalue weighted by atomic mass is 16.2. The van der Waals surface area contributed by atoms with Crippen LogP contribution < -0.4 is 11.0 Å². The Hall–Kier alpha value is -3.09. The van der Waals surface area contributed by atoms with Crippen LogP contribution in [0.15, 0.2) is 53.5 Å². The number of amides is 2. The summed E-state index contributed by atoms with van der Waals surface area (Å²) in [5.74, 6) is 0.648. The quantitative estimate of drug-likeness (QED) is 0.691. The molecule has 2 aromatic heterocycles. The van der Waals surface area contributed by atoms with Gasteiger partial charge in [0.2, 0.25) is 0 Å². The van der Waals surface area contributed by atoms with Gasteiger partial charge in [0.15, 0.2) is 5.65 Å². The minimum absolute atomic E-state index is 0.00452. The van der Waals surface area contributed by atoms with Crippen molar-refractivity contribution in [3.8, 4) is 0 Å². The number of anilines is 1. The molecule has 1 saturated heterocycles. The summed E-state index contributed by atoms with van der Waals surface area (Å²) in [6.45, 7) is 1.20. The van der Waals surface area contributed by atoms with Gasteiger partial charge >= 0.3 is 11.7 Å². The highest BCUT2D eigenvalue weighted by molar-refractivity contribution is 5.89. The number of pyridine rings is 1. The molecule has 1 aromatic carbocycles. The van der Waals surface area contributed by atoms with Crippen molar-refractivity contribution in [1.82, 2.24) is 19.1 Å². The van der Waals surface area contributed by atoms with E-state index in [1.165, 1.54) is 41.2 Å². The minimum Gasteiger partial charge on any atom is -0.321 e. The lowest BCUT2D eigenvalue weighted by Gasteiger charge is -2.34. The average Bonchev–Trinajstić information content (AvgIpc) is 3.40. The molecule has 5 rings (SSSR count). The van der Waals surface area contributed by atoms with Crippen molar-refractivity contribution in [2.75, 3.05) is 11.9 Å². The fraction of sp³-hybridized carbons (Fsp3) is 0.458. The Labute approximate surface area is 181 Å². The van der Waals surface area contributed by atoms with E-state index in [0.717, 1.165) is 30.6 Å². The standard InChI is InChI=1S/C24H29N5O2/c30-23(27-15-7-12-21(27)19-9-2-1-3-10-19)25-20-11-6-8-18(16-20)17-29-24(31)28-14-5-4-13-22(28)26-29/h4-6,8,11,13-14,16,19,21H,1-3,7,9-10,12,15,17H2,(H,25,30). The van der Waals surface area contributed by atoms with Gasteiger partial charge < -0.3 is 10.2 Å². The molecule has 1 atom stereocenters. The fourth-order valence-electron chi connectivity index (χ4n) is 5.24. The van der Waals surface area contributed by atoms with Crippen LogP contribution >= 0.6 is 0 Å². The lowest BCUT2D eigenvalue weighted by atomic mass is 9.83. The largest absolute Gasteiger partial charge is 0.350 e. The van der Waals surface area contributed by atoms with Crippen LogP contribution in [-0.2, 0) is 6.54 Å². The van der Waals surface area contributed by atoms with Gasteiger partial charge in [-0.05, 0) is 61.4 Å². The van der Waals surface area contributed by atoms with E-state index in [4.69, 9.17) is 0 Å². The minimum atomic E-state index is -0.169. The average molecular weight is 420 g/mol. The maximum Gasteiger partial charge on any atom is 0.350 e. The number of fused-ring (bicyclic) bond motifs is 1. The second-order valence-corrected chi connectivity index (χ2v) is 8.80.